The maximum atomic E-state index is 14.4. The van der Waals surface area contributed by atoms with Crippen molar-refractivity contribution >= 4 is 35.5 Å². The summed E-state index contributed by atoms with van der Waals surface area (Å²) in [5.41, 5.74) is 6.11. The number of methoxy groups -OCH3 is 3. The first-order valence-electron chi connectivity index (χ1n) is 21.8. The predicted molar refractivity (Wildman–Crippen MR) is 240 cm³/mol. The number of nitrogens with one attached hydrogen (secondary N) is 4. The van der Waals surface area contributed by atoms with Crippen LogP contribution < -0.4 is 21.3 Å². The van der Waals surface area contributed by atoms with Gasteiger partial charge in [-0.1, -0.05) is 81.8 Å². The molecule has 14 nitrogen and oxygen atoms in total. The van der Waals surface area contributed by atoms with Gasteiger partial charge in [-0.05, 0) is 85.1 Å². The van der Waals surface area contributed by atoms with Gasteiger partial charge in [0.15, 0.2) is 0 Å². The summed E-state index contributed by atoms with van der Waals surface area (Å²) >= 11 is 0. The van der Waals surface area contributed by atoms with Gasteiger partial charge in [-0.25, -0.2) is 4.79 Å². The lowest BCUT2D eigenvalue weighted by Gasteiger charge is -2.41. The first-order valence-corrected chi connectivity index (χ1v) is 21.8. The lowest BCUT2D eigenvalue weighted by Crippen LogP contribution is -2.60. The summed E-state index contributed by atoms with van der Waals surface area (Å²) in [6.07, 6.45) is 11.0. The summed E-state index contributed by atoms with van der Waals surface area (Å²) in [5.74, 6) is -4.44. The number of fused-ring (bicyclic) bond motifs is 4. The van der Waals surface area contributed by atoms with Gasteiger partial charge in [-0.2, -0.15) is 0 Å². The van der Waals surface area contributed by atoms with E-state index in [-0.39, 0.29) is 25.0 Å². The summed E-state index contributed by atoms with van der Waals surface area (Å²) in [7, 11) is 5.88. The maximum Gasteiger partial charge on any atom is 0.328 e. The Balaban J connectivity index is 1.30. The van der Waals surface area contributed by atoms with Crippen LogP contribution in [0.2, 0.25) is 0 Å². The highest BCUT2D eigenvalue weighted by Crippen LogP contribution is 2.42. The van der Waals surface area contributed by atoms with Crippen molar-refractivity contribution in [2.75, 3.05) is 34.9 Å². The van der Waals surface area contributed by atoms with Crippen LogP contribution in [0.5, 0.6) is 0 Å². The van der Waals surface area contributed by atoms with Gasteiger partial charge in [0.2, 0.25) is 23.6 Å². The van der Waals surface area contributed by atoms with Gasteiger partial charge in [-0.3, -0.25) is 24.0 Å². The molecule has 63 heavy (non-hydrogen) atoms. The second kappa shape index (κ2) is 21.9. The lowest BCUT2D eigenvalue weighted by molar-refractivity contribution is -0.146. The second-order valence-corrected chi connectivity index (χ2v) is 16.7. The predicted octanol–water partition coefficient (Wildman–Crippen LogP) is 4.95. The van der Waals surface area contributed by atoms with Crippen molar-refractivity contribution in [3.05, 3.63) is 106 Å². The molecule has 14 heteroatoms. The zero-order valence-electron chi connectivity index (χ0n) is 37.9. The van der Waals surface area contributed by atoms with E-state index < -0.39 is 71.5 Å². The van der Waals surface area contributed by atoms with Crippen LogP contribution in [0.3, 0.4) is 0 Å². The van der Waals surface area contributed by atoms with Gasteiger partial charge in [0.05, 0.1) is 26.2 Å². The molecule has 0 spiro atoms. The average Bonchev–Trinajstić information content (AvgIpc) is 3.29. The Labute approximate surface area is 370 Å². The molecule has 4 N–H and O–H groups in total. The number of amides is 5. The average molecular weight is 866 g/mol. The SMILES string of the molecule is CCCCc1ccc(-c2ccc(C(=O)NC[C@@H](C)C(=O)N[C@@H](C)C(=O)N(C)C3C(=O)N[C@@H](C)C(=O)N[C@H](C(=O)OC)CC4=CCC(OC)C(=C4)C4=C(OC)C=CC3C4C)cc2)cc1. The number of hydrogen-bond acceptors (Lipinski definition) is 9. The molecule has 0 radical (unpaired) electrons. The number of allylic oxidation sites excluding steroid dienone is 2. The third kappa shape index (κ3) is 11.5. The Kier molecular flexibility index (Phi) is 16.7. The molecule has 0 saturated carbocycles. The van der Waals surface area contributed by atoms with E-state index in [4.69, 9.17) is 14.2 Å². The Morgan fingerprint density at radius 2 is 1.59 bits per heavy atom. The number of unbranched alkanes of at least 4 members (excludes halogenated alkanes) is 1. The largest absolute Gasteiger partial charge is 0.496 e. The molecule has 1 aliphatic heterocycles. The number of carbonyl (C=O) groups excluding carboxylic acids is 6. The minimum absolute atomic E-state index is 0.0146. The normalized spacial score (nSPS) is 23.4. The molecule has 0 aromatic heterocycles. The zero-order chi connectivity index (χ0) is 46.0. The van der Waals surface area contributed by atoms with Gasteiger partial charge < -0.3 is 40.4 Å². The zero-order valence-corrected chi connectivity index (χ0v) is 37.9. The molecule has 8 atom stereocenters. The number of aryl methyl sites for hydroxylation is 1. The van der Waals surface area contributed by atoms with E-state index in [0.29, 0.717) is 17.7 Å². The van der Waals surface area contributed by atoms with Crippen molar-refractivity contribution in [1.29, 1.82) is 0 Å². The summed E-state index contributed by atoms with van der Waals surface area (Å²) in [4.78, 5) is 82.9. The fourth-order valence-electron chi connectivity index (χ4n) is 8.39. The summed E-state index contributed by atoms with van der Waals surface area (Å²) in [5, 5.41) is 11.1. The molecule has 2 aromatic carbocycles. The summed E-state index contributed by atoms with van der Waals surface area (Å²) < 4.78 is 16.8. The van der Waals surface area contributed by atoms with Crippen molar-refractivity contribution in [2.24, 2.45) is 17.8 Å². The molecule has 1 heterocycles. The van der Waals surface area contributed by atoms with E-state index in [9.17, 15) is 28.8 Å². The van der Waals surface area contributed by atoms with E-state index in [1.165, 1.54) is 38.5 Å². The first-order chi connectivity index (χ1) is 30.1. The number of hydrogen-bond donors (Lipinski definition) is 4. The molecule has 5 amide bonds. The fraction of sp³-hybridized carbons (Fsp3) is 0.469. The number of carbonyl (C=O) groups is 6. The van der Waals surface area contributed by atoms with Crippen molar-refractivity contribution in [1.82, 2.24) is 26.2 Å². The van der Waals surface area contributed by atoms with Crippen LogP contribution in [-0.4, -0.2) is 106 Å². The topological polar surface area (TPSA) is 181 Å². The third-order valence-electron chi connectivity index (χ3n) is 12.3. The highest BCUT2D eigenvalue weighted by atomic mass is 16.5. The van der Waals surface area contributed by atoms with Gasteiger partial charge in [0, 0.05) is 44.2 Å². The van der Waals surface area contributed by atoms with Crippen molar-refractivity contribution in [3.8, 4) is 11.1 Å². The van der Waals surface area contributed by atoms with Gasteiger partial charge in [0.25, 0.3) is 5.91 Å². The van der Waals surface area contributed by atoms with Gasteiger partial charge in [-0.15, -0.1) is 0 Å². The number of likely N-dealkylation sites (N-methyl/N-ethyl adjacent to an activating group) is 1. The number of nitrogens with zero attached hydrogens (tertiary/aromatic N) is 1. The molecule has 5 rings (SSSR count). The highest BCUT2D eigenvalue weighted by Gasteiger charge is 2.43. The third-order valence-corrected chi connectivity index (χ3v) is 12.3. The van der Waals surface area contributed by atoms with Crippen LogP contribution in [0.15, 0.2) is 95.3 Å². The number of rotatable bonds is 14. The fourth-order valence-corrected chi connectivity index (χ4v) is 8.39. The summed E-state index contributed by atoms with van der Waals surface area (Å²) in [6, 6.07) is 11.3. The standard InChI is InChI=1S/C49H63N5O9/c1-10-11-12-32-13-16-34(17-14-32)35-18-20-36(21-19-35)46(57)50-27-28(2)44(55)52-31(5)48(59)54(6)43-37-22-24-41(62-8)42(29(37)3)38-25-33(15-23-40(38)61-7)26-39(49(60)63-9)53-45(56)30(4)51-47(43)58/h13-22,24-25,28-31,37,39-40,43H,10-12,23,26-27H2,1-9H3,(H,50,57)(H,51,58)(H,52,55)(H,53,56)/t28-,29?,30+,31+,37?,39+,40?,43?/m1/s1. The lowest BCUT2D eigenvalue weighted by atomic mass is 9.72. The molecule has 0 saturated heterocycles. The van der Waals surface area contributed by atoms with Crippen molar-refractivity contribution in [2.45, 2.75) is 97.0 Å². The molecule has 2 aliphatic carbocycles. The maximum absolute atomic E-state index is 14.4. The molecule has 2 aromatic rings. The van der Waals surface area contributed by atoms with Crippen LogP contribution in [-0.2, 0) is 44.6 Å². The van der Waals surface area contributed by atoms with E-state index in [2.05, 4.69) is 52.5 Å². The van der Waals surface area contributed by atoms with E-state index >= 15 is 0 Å². The van der Waals surface area contributed by atoms with Crippen LogP contribution in [0.25, 0.3) is 11.1 Å². The molecule has 4 unspecified atom stereocenters. The van der Waals surface area contributed by atoms with Crippen molar-refractivity contribution < 1.29 is 43.0 Å². The first kappa shape index (κ1) is 48.0. The quantitative estimate of drug-likeness (QED) is 0.191. The monoisotopic (exact) mass is 865 g/mol. The second-order valence-electron chi connectivity index (χ2n) is 16.7. The van der Waals surface area contributed by atoms with Crippen LogP contribution in [0, 0.1) is 17.8 Å². The number of benzene rings is 2. The number of esters is 1. The minimum atomic E-state index is -1.17. The van der Waals surface area contributed by atoms with Crippen LogP contribution >= 0.6 is 0 Å². The minimum Gasteiger partial charge on any atom is -0.496 e. The van der Waals surface area contributed by atoms with Gasteiger partial charge in [0.1, 0.15) is 29.9 Å². The Bertz CT molecular complexity index is 2140. The smallest absolute Gasteiger partial charge is 0.328 e. The molecule has 4 bridgehead atoms. The Hall–Kier alpha value is -6.02. The van der Waals surface area contributed by atoms with Crippen molar-refractivity contribution in [3.63, 3.8) is 0 Å². The molecule has 0 fully saturated rings. The van der Waals surface area contributed by atoms with Gasteiger partial charge >= 0.3 is 5.97 Å². The molecule has 338 valence electrons. The Morgan fingerprint density at radius 1 is 0.921 bits per heavy atom. The van der Waals surface area contributed by atoms with E-state index in [0.717, 1.165) is 47.1 Å². The van der Waals surface area contributed by atoms with E-state index in [1.807, 2.05) is 37.3 Å². The molecular weight excluding hydrogens is 803 g/mol. The number of ether oxygens (including phenoxy) is 3. The van der Waals surface area contributed by atoms with Crippen LogP contribution in [0.4, 0.5) is 0 Å². The van der Waals surface area contributed by atoms with E-state index in [1.54, 1.807) is 39.4 Å². The van der Waals surface area contributed by atoms with Crippen LogP contribution in [0.1, 0.15) is 76.2 Å². The molecule has 3 aliphatic rings. The summed E-state index contributed by atoms with van der Waals surface area (Å²) in [6.45, 7) is 8.80. The molecular formula is C49H63N5O9. The highest BCUT2D eigenvalue weighted by molar-refractivity contribution is 5.96. The Morgan fingerprint density at radius 3 is 2.21 bits per heavy atom.